The molecule has 0 aromatic carbocycles. The van der Waals surface area contributed by atoms with Crippen LogP contribution in [0.3, 0.4) is 0 Å². The molecule has 0 amide bonds. The van der Waals surface area contributed by atoms with Crippen LogP contribution in [-0.4, -0.2) is 62.7 Å². The number of hydrogen-bond donors (Lipinski definition) is 0. The van der Waals surface area contributed by atoms with Crippen LogP contribution >= 0.6 is 0 Å². The smallest absolute Gasteiger partial charge is 0.0108 e. The van der Waals surface area contributed by atoms with Gasteiger partial charge >= 0.3 is 0 Å². The fraction of sp³-hybridized carbons (Fsp3) is 1.00. The SMILES string of the molecule is CC.CCN(C)CCN1CC[N-]CC1.[Y]. The van der Waals surface area contributed by atoms with Gasteiger partial charge in [0.1, 0.15) is 0 Å². The van der Waals surface area contributed by atoms with Gasteiger partial charge in [0.05, 0.1) is 0 Å². The molecule has 1 saturated heterocycles. The third-order valence-corrected chi connectivity index (χ3v) is 2.49. The Morgan fingerprint density at radius 2 is 1.73 bits per heavy atom. The second-order valence-corrected chi connectivity index (χ2v) is 3.41. The normalized spacial score (nSPS) is 16.6. The van der Waals surface area contributed by atoms with Gasteiger partial charge in [-0.05, 0) is 26.7 Å². The van der Waals surface area contributed by atoms with Crippen molar-refractivity contribution in [1.29, 1.82) is 0 Å². The molecule has 15 heavy (non-hydrogen) atoms. The van der Waals surface area contributed by atoms with Crippen LogP contribution in [0.4, 0.5) is 0 Å². The first-order valence-corrected chi connectivity index (χ1v) is 5.87. The van der Waals surface area contributed by atoms with Crippen LogP contribution in [0.15, 0.2) is 0 Å². The van der Waals surface area contributed by atoms with Gasteiger partial charge in [-0.25, -0.2) is 0 Å². The van der Waals surface area contributed by atoms with Crippen LogP contribution in [0.2, 0.25) is 0 Å². The molecule has 4 heteroatoms. The van der Waals surface area contributed by atoms with Gasteiger partial charge < -0.3 is 15.1 Å². The van der Waals surface area contributed by atoms with E-state index in [0.29, 0.717) is 0 Å². The maximum Gasteiger partial charge on any atom is 0.0108 e. The minimum absolute atomic E-state index is 0. The van der Waals surface area contributed by atoms with Crippen molar-refractivity contribution in [2.24, 2.45) is 0 Å². The summed E-state index contributed by atoms with van der Waals surface area (Å²) in [6, 6.07) is 0. The summed E-state index contributed by atoms with van der Waals surface area (Å²) in [5.41, 5.74) is 0. The summed E-state index contributed by atoms with van der Waals surface area (Å²) in [5.74, 6) is 0. The minimum atomic E-state index is 0. The van der Waals surface area contributed by atoms with Crippen molar-refractivity contribution in [1.82, 2.24) is 9.80 Å². The molecular formula is C11H26N3Y-. The zero-order valence-electron chi connectivity index (χ0n) is 10.9. The van der Waals surface area contributed by atoms with Gasteiger partial charge in [-0.15, -0.1) is 13.1 Å². The van der Waals surface area contributed by atoms with Gasteiger partial charge in [0.2, 0.25) is 0 Å². The molecule has 0 aliphatic carbocycles. The van der Waals surface area contributed by atoms with Gasteiger partial charge in [-0.1, -0.05) is 20.8 Å². The first kappa shape index (κ1) is 18.4. The van der Waals surface area contributed by atoms with E-state index in [1.54, 1.807) is 0 Å². The Hall–Kier alpha value is 0.984. The summed E-state index contributed by atoms with van der Waals surface area (Å²) in [7, 11) is 2.17. The molecule has 0 unspecified atom stereocenters. The number of likely N-dealkylation sites (N-methyl/N-ethyl adjacent to an activating group) is 1. The van der Waals surface area contributed by atoms with E-state index in [4.69, 9.17) is 0 Å². The fourth-order valence-corrected chi connectivity index (χ4v) is 1.34. The maximum atomic E-state index is 4.32. The van der Waals surface area contributed by atoms with Crippen molar-refractivity contribution in [2.75, 3.05) is 52.9 Å². The van der Waals surface area contributed by atoms with E-state index in [2.05, 4.69) is 29.1 Å². The average molecular weight is 289 g/mol. The Balaban J connectivity index is 0. The Morgan fingerprint density at radius 3 is 2.20 bits per heavy atom. The van der Waals surface area contributed by atoms with E-state index in [1.165, 1.54) is 13.1 Å². The predicted octanol–water partition coefficient (Wildman–Crippen LogP) is 1.65. The van der Waals surface area contributed by atoms with Gasteiger partial charge in [0.25, 0.3) is 0 Å². The number of nitrogens with zero attached hydrogens (tertiary/aromatic N) is 3. The number of hydrogen-bond acceptors (Lipinski definition) is 2. The third-order valence-electron chi connectivity index (χ3n) is 2.49. The monoisotopic (exact) mass is 289 g/mol. The molecule has 0 aromatic rings. The first-order valence-electron chi connectivity index (χ1n) is 5.87. The molecule has 89 valence electrons. The molecule has 1 aliphatic heterocycles. The van der Waals surface area contributed by atoms with E-state index >= 15 is 0 Å². The Bertz CT molecular complexity index is 116. The molecule has 0 N–H and O–H groups in total. The van der Waals surface area contributed by atoms with Crippen molar-refractivity contribution in [3.63, 3.8) is 0 Å². The molecule has 0 spiro atoms. The van der Waals surface area contributed by atoms with Crippen molar-refractivity contribution in [3.8, 4) is 0 Å². The summed E-state index contributed by atoms with van der Waals surface area (Å²) in [6.45, 7) is 14.2. The number of piperazine rings is 1. The second kappa shape index (κ2) is 13.1. The molecule has 0 atom stereocenters. The van der Waals surface area contributed by atoms with E-state index < -0.39 is 0 Å². The van der Waals surface area contributed by atoms with Crippen molar-refractivity contribution >= 4 is 0 Å². The van der Waals surface area contributed by atoms with Crippen LogP contribution in [0.5, 0.6) is 0 Å². The van der Waals surface area contributed by atoms with Crippen molar-refractivity contribution in [3.05, 3.63) is 5.32 Å². The molecule has 3 nitrogen and oxygen atoms in total. The van der Waals surface area contributed by atoms with E-state index in [1.807, 2.05) is 13.8 Å². The quantitative estimate of drug-likeness (QED) is 0.784. The van der Waals surface area contributed by atoms with Gasteiger partial charge in [-0.2, -0.15) is 0 Å². The fourth-order valence-electron chi connectivity index (χ4n) is 1.34. The third kappa shape index (κ3) is 9.89. The van der Waals surface area contributed by atoms with E-state index in [-0.39, 0.29) is 32.7 Å². The zero-order valence-corrected chi connectivity index (χ0v) is 13.7. The maximum absolute atomic E-state index is 4.32. The molecule has 1 fully saturated rings. The average Bonchev–Trinajstić information content (AvgIpc) is 2.30. The first-order chi connectivity index (χ1) is 6.83. The second-order valence-electron chi connectivity index (χ2n) is 3.41. The molecule has 1 radical (unpaired) electrons. The van der Waals surface area contributed by atoms with Crippen LogP contribution < -0.4 is 0 Å². The van der Waals surface area contributed by atoms with Crippen LogP contribution in [0.25, 0.3) is 5.32 Å². The minimum Gasteiger partial charge on any atom is -0.660 e. The Labute approximate surface area is 121 Å². The molecule has 0 aromatic heterocycles. The molecule has 1 heterocycles. The van der Waals surface area contributed by atoms with Crippen LogP contribution in [-0.2, 0) is 32.7 Å². The molecule has 0 saturated carbocycles. The standard InChI is InChI=1S/C9H20N3.C2H6.Y/c1-3-11(2)8-9-12-6-4-10-5-7-12;1-2;/h3-9H2,1-2H3;1-2H3;/q-1;;. The molecule has 0 bridgehead atoms. The summed E-state index contributed by atoms with van der Waals surface area (Å²) in [4.78, 5) is 4.85. The summed E-state index contributed by atoms with van der Waals surface area (Å²) in [5, 5.41) is 4.32. The van der Waals surface area contributed by atoms with Crippen molar-refractivity contribution in [2.45, 2.75) is 20.8 Å². The molecular weight excluding hydrogens is 263 g/mol. The molecule has 1 aliphatic rings. The number of rotatable bonds is 4. The Kier molecular flexibility index (Phi) is 16.0. The topological polar surface area (TPSA) is 20.6 Å². The van der Waals surface area contributed by atoms with Gasteiger partial charge in [0, 0.05) is 45.8 Å². The summed E-state index contributed by atoms with van der Waals surface area (Å²) in [6.07, 6.45) is 0. The largest absolute Gasteiger partial charge is 0.660 e. The summed E-state index contributed by atoms with van der Waals surface area (Å²) >= 11 is 0. The summed E-state index contributed by atoms with van der Waals surface area (Å²) < 4.78 is 0. The van der Waals surface area contributed by atoms with Crippen LogP contribution in [0.1, 0.15) is 20.8 Å². The van der Waals surface area contributed by atoms with Gasteiger partial charge in [-0.3, -0.25) is 0 Å². The zero-order chi connectivity index (χ0) is 10.8. The molecule has 1 rings (SSSR count). The Morgan fingerprint density at radius 1 is 1.20 bits per heavy atom. The van der Waals surface area contributed by atoms with Gasteiger partial charge in [0.15, 0.2) is 0 Å². The van der Waals surface area contributed by atoms with E-state index in [9.17, 15) is 0 Å². The van der Waals surface area contributed by atoms with Crippen LogP contribution in [0, 0.1) is 0 Å². The predicted molar refractivity (Wildman–Crippen MR) is 64.1 cm³/mol. The van der Waals surface area contributed by atoms with Crippen molar-refractivity contribution < 1.29 is 32.7 Å². The van der Waals surface area contributed by atoms with E-state index in [0.717, 1.165) is 32.7 Å².